The van der Waals surface area contributed by atoms with Crippen LogP contribution in [0.5, 0.6) is 5.75 Å². The van der Waals surface area contributed by atoms with Crippen LogP contribution in [-0.4, -0.2) is 48.2 Å². The van der Waals surface area contributed by atoms with Crippen molar-refractivity contribution in [2.24, 2.45) is 0 Å². The van der Waals surface area contributed by atoms with Crippen LogP contribution in [0.3, 0.4) is 0 Å². The standard InChI is InChI=1S/C24H21N7O2S/c1-2-33-20-9-7-19(8-10-20)31-23(17-4-3-11-25-13-17)29-30-24(31)34-15-22(32)27-18-6-5-16-14-26-28-21(16)12-18/h3-14H,2,15H2,1H3,(H,26,28)(H,27,32). The van der Waals surface area contributed by atoms with E-state index in [1.54, 1.807) is 18.6 Å². The zero-order valence-electron chi connectivity index (χ0n) is 18.3. The van der Waals surface area contributed by atoms with Crippen molar-refractivity contribution in [3.63, 3.8) is 0 Å². The van der Waals surface area contributed by atoms with E-state index in [9.17, 15) is 4.79 Å². The number of anilines is 1. The molecule has 5 aromatic rings. The number of carbonyl (C=O) groups excluding carboxylic acids is 1. The second-order valence-electron chi connectivity index (χ2n) is 7.32. The van der Waals surface area contributed by atoms with Gasteiger partial charge in [0.1, 0.15) is 5.75 Å². The highest BCUT2D eigenvalue weighted by molar-refractivity contribution is 7.99. The maximum atomic E-state index is 12.7. The molecule has 34 heavy (non-hydrogen) atoms. The van der Waals surface area contributed by atoms with Gasteiger partial charge in [0.25, 0.3) is 0 Å². The van der Waals surface area contributed by atoms with E-state index in [-0.39, 0.29) is 11.7 Å². The number of amides is 1. The first-order valence-electron chi connectivity index (χ1n) is 10.7. The normalized spacial score (nSPS) is 11.0. The average Bonchev–Trinajstić information content (AvgIpc) is 3.51. The number of ether oxygens (including phenoxy) is 1. The van der Waals surface area contributed by atoms with Gasteiger partial charge in [0.2, 0.25) is 5.91 Å². The van der Waals surface area contributed by atoms with Gasteiger partial charge in [-0.25, -0.2) is 0 Å². The van der Waals surface area contributed by atoms with Crippen molar-refractivity contribution >= 4 is 34.3 Å². The number of nitrogens with zero attached hydrogens (tertiary/aromatic N) is 5. The molecule has 170 valence electrons. The fraction of sp³-hybridized carbons (Fsp3) is 0.125. The Balaban J connectivity index is 1.38. The number of carbonyl (C=O) groups is 1. The third kappa shape index (κ3) is 4.62. The summed E-state index contributed by atoms with van der Waals surface area (Å²) in [6.07, 6.45) is 5.19. The summed E-state index contributed by atoms with van der Waals surface area (Å²) in [5, 5.41) is 20.2. The molecule has 0 unspecified atom stereocenters. The molecule has 5 rings (SSSR count). The van der Waals surface area contributed by atoms with Crippen LogP contribution in [0.25, 0.3) is 28.0 Å². The number of hydrogen-bond donors (Lipinski definition) is 2. The van der Waals surface area contributed by atoms with Gasteiger partial charge in [-0.3, -0.25) is 19.4 Å². The van der Waals surface area contributed by atoms with Crippen LogP contribution in [0, 0.1) is 0 Å². The van der Waals surface area contributed by atoms with Crippen molar-refractivity contribution < 1.29 is 9.53 Å². The van der Waals surface area contributed by atoms with E-state index in [2.05, 4.69) is 30.7 Å². The number of fused-ring (bicyclic) bond motifs is 1. The Labute approximate surface area is 199 Å². The van der Waals surface area contributed by atoms with Crippen LogP contribution in [0.15, 0.2) is 78.3 Å². The minimum atomic E-state index is -0.145. The molecule has 9 nitrogen and oxygen atoms in total. The number of H-pyrrole nitrogens is 1. The first-order chi connectivity index (χ1) is 16.7. The number of hydrogen-bond acceptors (Lipinski definition) is 7. The molecule has 0 atom stereocenters. The minimum absolute atomic E-state index is 0.145. The number of nitrogens with one attached hydrogen (secondary N) is 2. The monoisotopic (exact) mass is 471 g/mol. The van der Waals surface area contributed by atoms with Crippen LogP contribution in [-0.2, 0) is 4.79 Å². The molecular weight excluding hydrogens is 450 g/mol. The molecule has 0 spiro atoms. The van der Waals surface area contributed by atoms with Gasteiger partial charge in [0.05, 0.1) is 24.1 Å². The van der Waals surface area contributed by atoms with Gasteiger partial charge in [-0.1, -0.05) is 11.8 Å². The summed E-state index contributed by atoms with van der Waals surface area (Å²) in [5.41, 5.74) is 3.25. The van der Waals surface area contributed by atoms with E-state index in [1.165, 1.54) is 11.8 Å². The molecule has 0 fully saturated rings. The number of thioether (sulfide) groups is 1. The van der Waals surface area contributed by atoms with Crippen molar-refractivity contribution in [1.29, 1.82) is 0 Å². The van der Waals surface area contributed by atoms with Crippen molar-refractivity contribution in [2.75, 3.05) is 17.7 Å². The Hall–Kier alpha value is -4.18. The van der Waals surface area contributed by atoms with E-state index in [1.807, 2.05) is 66.1 Å². The molecule has 0 radical (unpaired) electrons. The predicted octanol–water partition coefficient (Wildman–Crippen LogP) is 4.34. The van der Waals surface area contributed by atoms with E-state index < -0.39 is 0 Å². The Morgan fingerprint density at radius 3 is 2.79 bits per heavy atom. The highest BCUT2D eigenvalue weighted by Crippen LogP contribution is 2.29. The van der Waals surface area contributed by atoms with Gasteiger partial charge in [0, 0.05) is 34.7 Å². The number of aromatic nitrogens is 6. The van der Waals surface area contributed by atoms with Crippen molar-refractivity contribution in [2.45, 2.75) is 12.1 Å². The Morgan fingerprint density at radius 2 is 2.00 bits per heavy atom. The molecule has 3 aromatic heterocycles. The third-order valence-electron chi connectivity index (χ3n) is 5.02. The van der Waals surface area contributed by atoms with Crippen molar-refractivity contribution in [3.8, 4) is 22.8 Å². The second kappa shape index (κ2) is 9.75. The summed E-state index contributed by atoms with van der Waals surface area (Å²) < 4.78 is 7.48. The summed E-state index contributed by atoms with van der Waals surface area (Å²) in [4.78, 5) is 16.9. The summed E-state index contributed by atoms with van der Waals surface area (Å²) in [6, 6.07) is 17.1. The first kappa shape index (κ1) is 21.7. The Bertz CT molecular complexity index is 1410. The van der Waals surface area contributed by atoms with Crippen LogP contribution in [0.4, 0.5) is 5.69 Å². The van der Waals surface area contributed by atoms with E-state index in [4.69, 9.17) is 4.74 Å². The van der Waals surface area contributed by atoms with E-state index >= 15 is 0 Å². The number of pyridine rings is 1. The van der Waals surface area contributed by atoms with Gasteiger partial charge >= 0.3 is 0 Å². The van der Waals surface area contributed by atoms with Gasteiger partial charge in [-0.2, -0.15) is 5.10 Å². The molecule has 10 heteroatoms. The van der Waals surface area contributed by atoms with Gasteiger partial charge in [-0.15, -0.1) is 10.2 Å². The summed E-state index contributed by atoms with van der Waals surface area (Å²) >= 11 is 1.31. The fourth-order valence-electron chi connectivity index (χ4n) is 3.48. The molecule has 3 heterocycles. The SMILES string of the molecule is CCOc1ccc(-n2c(SCC(=O)Nc3ccc4cn[nH]c4c3)nnc2-c2cccnc2)cc1. The summed E-state index contributed by atoms with van der Waals surface area (Å²) in [5.74, 6) is 1.45. The second-order valence-corrected chi connectivity index (χ2v) is 8.26. The summed E-state index contributed by atoms with van der Waals surface area (Å²) in [6.45, 7) is 2.54. The van der Waals surface area contributed by atoms with Crippen molar-refractivity contribution in [3.05, 3.63) is 73.2 Å². The molecule has 2 N–H and O–H groups in total. The highest BCUT2D eigenvalue weighted by atomic mass is 32.2. The largest absolute Gasteiger partial charge is 0.494 e. The molecule has 0 aliphatic rings. The van der Waals surface area contributed by atoms with Crippen LogP contribution >= 0.6 is 11.8 Å². The smallest absolute Gasteiger partial charge is 0.234 e. The Kier molecular flexibility index (Phi) is 6.21. The topological polar surface area (TPSA) is 111 Å². The van der Waals surface area contributed by atoms with Crippen LogP contribution in [0.1, 0.15) is 6.92 Å². The lowest BCUT2D eigenvalue weighted by atomic mass is 10.2. The first-order valence-corrected chi connectivity index (χ1v) is 11.6. The quantitative estimate of drug-likeness (QED) is 0.324. The van der Waals surface area contributed by atoms with E-state index in [0.717, 1.165) is 27.9 Å². The minimum Gasteiger partial charge on any atom is -0.494 e. The zero-order valence-corrected chi connectivity index (χ0v) is 19.1. The molecule has 2 aromatic carbocycles. The maximum Gasteiger partial charge on any atom is 0.234 e. The van der Waals surface area contributed by atoms with Crippen molar-refractivity contribution in [1.82, 2.24) is 29.9 Å². The number of rotatable bonds is 8. The lowest BCUT2D eigenvalue weighted by Crippen LogP contribution is -2.14. The lowest BCUT2D eigenvalue weighted by Gasteiger charge is -2.11. The fourth-order valence-corrected chi connectivity index (χ4v) is 4.23. The summed E-state index contributed by atoms with van der Waals surface area (Å²) in [7, 11) is 0. The molecule has 0 bridgehead atoms. The Morgan fingerprint density at radius 1 is 1.12 bits per heavy atom. The molecule has 1 amide bonds. The molecule has 0 saturated heterocycles. The zero-order chi connectivity index (χ0) is 23.3. The third-order valence-corrected chi connectivity index (χ3v) is 5.95. The van der Waals surface area contributed by atoms with E-state index in [0.29, 0.717) is 23.3 Å². The predicted molar refractivity (Wildman–Crippen MR) is 131 cm³/mol. The van der Waals surface area contributed by atoms with Gasteiger partial charge in [-0.05, 0) is 61.5 Å². The van der Waals surface area contributed by atoms with Crippen LogP contribution < -0.4 is 10.1 Å². The highest BCUT2D eigenvalue weighted by Gasteiger charge is 2.18. The molecule has 0 aliphatic heterocycles. The van der Waals surface area contributed by atoms with Gasteiger partial charge < -0.3 is 10.1 Å². The number of aromatic amines is 1. The van der Waals surface area contributed by atoms with Crippen LogP contribution in [0.2, 0.25) is 0 Å². The molecular formula is C24H21N7O2S. The lowest BCUT2D eigenvalue weighted by molar-refractivity contribution is -0.113. The van der Waals surface area contributed by atoms with Gasteiger partial charge in [0.15, 0.2) is 11.0 Å². The maximum absolute atomic E-state index is 12.7. The molecule has 0 aliphatic carbocycles. The molecule has 0 saturated carbocycles. The average molecular weight is 472 g/mol. The number of benzene rings is 2.